The molecule has 1 fully saturated rings. The number of piperidine rings is 1. The average Bonchev–Trinajstić information content (AvgIpc) is 3.44. The van der Waals surface area contributed by atoms with Gasteiger partial charge in [0.2, 0.25) is 11.8 Å². The molecular formula is C21H26N6O4S. The highest BCUT2D eigenvalue weighted by molar-refractivity contribution is 7.22. The van der Waals surface area contributed by atoms with Gasteiger partial charge in [0.05, 0.1) is 18.7 Å². The molecule has 3 aromatic rings. The average molecular weight is 459 g/mol. The zero-order valence-corrected chi connectivity index (χ0v) is 18.9. The summed E-state index contributed by atoms with van der Waals surface area (Å²) in [6, 6.07) is 3.60. The summed E-state index contributed by atoms with van der Waals surface area (Å²) in [7, 11) is 0. The molecule has 0 saturated carbocycles. The van der Waals surface area contributed by atoms with Crippen molar-refractivity contribution in [2.75, 3.05) is 18.0 Å². The third-order valence-corrected chi connectivity index (χ3v) is 6.31. The van der Waals surface area contributed by atoms with Gasteiger partial charge in [-0.15, -0.1) is 0 Å². The number of rotatable bonds is 7. The number of carbonyl (C=O) groups excluding carboxylic acids is 2. The van der Waals surface area contributed by atoms with Gasteiger partial charge < -0.3 is 20.0 Å². The van der Waals surface area contributed by atoms with E-state index in [0.29, 0.717) is 27.8 Å². The molecule has 2 amide bonds. The Morgan fingerprint density at radius 2 is 2.22 bits per heavy atom. The first-order chi connectivity index (χ1) is 15.4. The van der Waals surface area contributed by atoms with Crippen LogP contribution in [0, 0.1) is 5.92 Å². The van der Waals surface area contributed by atoms with Crippen LogP contribution in [0.1, 0.15) is 32.4 Å². The highest BCUT2D eigenvalue weighted by atomic mass is 32.1. The predicted octanol–water partition coefficient (Wildman–Crippen LogP) is 1.50. The fraction of sp³-hybridized carbons (Fsp3) is 0.476. The van der Waals surface area contributed by atoms with E-state index in [1.807, 2.05) is 18.7 Å². The Kier molecular flexibility index (Phi) is 6.54. The van der Waals surface area contributed by atoms with Gasteiger partial charge in [0.25, 0.3) is 5.56 Å². The summed E-state index contributed by atoms with van der Waals surface area (Å²) >= 11 is 1.25. The van der Waals surface area contributed by atoms with Crippen molar-refractivity contribution in [2.45, 2.75) is 45.8 Å². The monoisotopic (exact) mass is 458 g/mol. The number of furan rings is 1. The Hall–Kier alpha value is -3.21. The normalized spacial score (nSPS) is 16.5. The molecule has 11 heteroatoms. The molecule has 32 heavy (non-hydrogen) atoms. The Bertz CT molecular complexity index is 1150. The van der Waals surface area contributed by atoms with Crippen molar-refractivity contribution >= 4 is 38.6 Å². The Morgan fingerprint density at radius 1 is 1.38 bits per heavy atom. The van der Waals surface area contributed by atoms with E-state index >= 15 is 0 Å². The largest absolute Gasteiger partial charge is 0.467 e. The second kappa shape index (κ2) is 9.51. The van der Waals surface area contributed by atoms with E-state index in [1.165, 1.54) is 28.5 Å². The number of amides is 2. The summed E-state index contributed by atoms with van der Waals surface area (Å²) in [5.41, 5.74) is 0.0500. The minimum atomic E-state index is -0.315. The van der Waals surface area contributed by atoms with Crippen LogP contribution >= 0.6 is 11.3 Å². The van der Waals surface area contributed by atoms with Crippen LogP contribution < -0.4 is 21.1 Å². The highest BCUT2D eigenvalue weighted by Crippen LogP contribution is 2.29. The molecule has 4 rings (SSSR count). The number of anilines is 1. The molecule has 0 unspecified atom stereocenters. The lowest BCUT2D eigenvalue weighted by Crippen LogP contribution is -2.44. The number of nitrogens with zero attached hydrogens (tertiary/aromatic N) is 4. The second-order valence-corrected chi connectivity index (χ2v) is 9.11. The molecule has 1 saturated heterocycles. The molecule has 1 aliphatic rings. The molecule has 1 aliphatic heterocycles. The molecule has 10 nitrogen and oxygen atoms in total. The summed E-state index contributed by atoms with van der Waals surface area (Å²) in [4.78, 5) is 48.4. The van der Waals surface area contributed by atoms with Crippen molar-refractivity contribution < 1.29 is 14.0 Å². The molecule has 0 spiro atoms. The van der Waals surface area contributed by atoms with Gasteiger partial charge in [-0.1, -0.05) is 11.3 Å². The number of thiazole rings is 1. The van der Waals surface area contributed by atoms with E-state index in [0.717, 1.165) is 19.4 Å². The smallest absolute Gasteiger partial charge is 0.273 e. The van der Waals surface area contributed by atoms with Crippen LogP contribution in [-0.4, -0.2) is 45.5 Å². The third-order valence-electron chi connectivity index (χ3n) is 5.22. The van der Waals surface area contributed by atoms with Crippen LogP contribution in [-0.2, 0) is 22.7 Å². The summed E-state index contributed by atoms with van der Waals surface area (Å²) in [6.45, 7) is 5.33. The Balaban J connectivity index is 1.46. The summed E-state index contributed by atoms with van der Waals surface area (Å²) in [5.74, 6) is 0.255. The molecule has 170 valence electrons. The number of nitrogens with one attached hydrogen (secondary N) is 2. The number of hydrogen-bond acceptors (Lipinski definition) is 8. The zero-order chi connectivity index (χ0) is 22.7. The molecule has 3 aromatic heterocycles. The predicted molar refractivity (Wildman–Crippen MR) is 120 cm³/mol. The standard InChI is InChI=1S/C21H26N6O4S/c1-13(2)24-19(29)14-5-3-7-26(10-14)21-25-18-17(32-21)20(30)27(12-23-18)11-16(28)22-9-15-6-4-8-31-15/h4,6,8,12-14H,3,5,7,9-11H2,1-2H3,(H,22,28)(H,24,29)/t14-/m1/s1. The van der Waals surface area contributed by atoms with Gasteiger partial charge in [0.15, 0.2) is 10.8 Å². The SMILES string of the molecule is CC(C)NC(=O)[C@@H]1CCCN(c2nc3ncn(CC(=O)NCc4ccco4)c(=O)c3s2)C1. The number of hydrogen-bond donors (Lipinski definition) is 2. The topological polar surface area (TPSA) is 122 Å². The fourth-order valence-electron chi connectivity index (χ4n) is 3.66. The van der Waals surface area contributed by atoms with Gasteiger partial charge in [-0.3, -0.25) is 19.0 Å². The molecule has 1 atom stereocenters. The molecular weight excluding hydrogens is 432 g/mol. The molecule has 0 aromatic carbocycles. The van der Waals surface area contributed by atoms with Crippen molar-refractivity contribution in [3.05, 3.63) is 40.8 Å². The van der Waals surface area contributed by atoms with E-state index < -0.39 is 0 Å². The maximum atomic E-state index is 12.9. The van der Waals surface area contributed by atoms with Crippen molar-refractivity contribution in [2.24, 2.45) is 5.92 Å². The van der Waals surface area contributed by atoms with Crippen LogP contribution in [0.4, 0.5) is 5.13 Å². The van der Waals surface area contributed by atoms with Gasteiger partial charge in [-0.2, -0.15) is 4.98 Å². The minimum Gasteiger partial charge on any atom is -0.467 e. The molecule has 0 bridgehead atoms. The summed E-state index contributed by atoms with van der Waals surface area (Å²) < 4.78 is 6.86. The van der Waals surface area contributed by atoms with Gasteiger partial charge in [-0.05, 0) is 38.8 Å². The second-order valence-electron chi connectivity index (χ2n) is 8.13. The lowest BCUT2D eigenvalue weighted by atomic mass is 9.97. The lowest BCUT2D eigenvalue weighted by Gasteiger charge is -2.32. The van der Waals surface area contributed by atoms with Crippen LogP contribution in [0.15, 0.2) is 33.9 Å². The van der Waals surface area contributed by atoms with E-state index in [1.54, 1.807) is 12.1 Å². The Morgan fingerprint density at radius 3 is 2.97 bits per heavy atom. The van der Waals surface area contributed by atoms with E-state index in [-0.39, 0.29) is 42.4 Å². The molecule has 4 heterocycles. The summed E-state index contributed by atoms with van der Waals surface area (Å²) in [6.07, 6.45) is 4.58. The van der Waals surface area contributed by atoms with Crippen LogP contribution in [0.2, 0.25) is 0 Å². The molecule has 0 radical (unpaired) electrons. The number of aromatic nitrogens is 3. The van der Waals surface area contributed by atoms with Gasteiger partial charge >= 0.3 is 0 Å². The van der Waals surface area contributed by atoms with E-state index in [2.05, 4.69) is 20.6 Å². The fourth-order valence-corrected chi connectivity index (χ4v) is 4.66. The van der Waals surface area contributed by atoms with Crippen molar-refractivity contribution in [3.8, 4) is 0 Å². The first-order valence-corrected chi connectivity index (χ1v) is 11.4. The number of fused-ring (bicyclic) bond motifs is 1. The van der Waals surface area contributed by atoms with Crippen molar-refractivity contribution in [1.82, 2.24) is 25.2 Å². The first kappa shape index (κ1) is 22.0. The first-order valence-electron chi connectivity index (χ1n) is 10.6. The molecule has 2 N–H and O–H groups in total. The van der Waals surface area contributed by atoms with E-state index in [4.69, 9.17) is 4.42 Å². The van der Waals surface area contributed by atoms with Crippen molar-refractivity contribution in [1.29, 1.82) is 0 Å². The zero-order valence-electron chi connectivity index (χ0n) is 18.0. The third kappa shape index (κ3) is 4.98. The number of carbonyl (C=O) groups is 2. The van der Waals surface area contributed by atoms with E-state index in [9.17, 15) is 14.4 Å². The van der Waals surface area contributed by atoms with Crippen LogP contribution in [0.3, 0.4) is 0 Å². The van der Waals surface area contributed by atoms with Crippen LogP contribution in [0.5, 0.6) is 0 Å². The van der Waals surface area contributed by atoms with Gasteiger partial charge in [0, 0.05) is 19.1 Å². The highest BCUT2D eigenvalue weighted by Gasteiger charge is 2.28. The Labute approximate surface area is 188 Å². The van der Waals surface area contributed by atoms with Crippen molar-refractivity contribution in [3.63, 3.8) is 0 Å². The van der Waals surface area contributed by atoms with Crippen LogP contribution in [0.25, 0.3) is 10.3 Å². The quantitative estimate of drug-likeness (QED) is 0.550. The lowest BCUT2D eigenvalue weighted by molar-refractivity contribution is -0.125. The minimum absolute atomic E-state index is 0.0480. The van der Waals surface area contributed by atoms with Gasteiger partial charge in [0.1, 0.15) is 23.3 Å². The summed E-state index contributed by atoms with van der Waals surface area (Å²) in [5, 5.41) is 6.36. The maximum absolute atomic E-state index is 12.9. The molecule has 0 aliphatic carbocycles. The van der Waals surface area contributed by atoms with Gasteiger partial charge in [-0.25, -0.2) is 4.98 Å². The maximum Gasteiger partial charge on any atom is 0.273 e.